The van der Waals surface area contributed by atoms with Crippen molar-refractivity contribution >= 4 is 18.0 Å². The largest absolute Gasteiger partial charge is 0.494 e. The number of carbonyl (C=O) groups is 3. The first-order valence-electron chi connectivity index (χ1n) is 13.8. The van der Waals surface area contributed by atoms with Crippen LogP contribution in [0.5, 0.6) is 5.75 Å². The van der Waals surface area contributed by atoms with Crippen LogP contribution in [-0.2, 0) is 19.1 Å². The number of nitriles is 1. The zero-order chi connectivity index (χ0) is 31.3. The Morgan fingerprint density at radius 1 is 0.976 bits per heavy atom. The second-order valence-electron chi connectivity index (χ2n) is 11.1. The average Bonchev–Trinajstić information content (AvgIpc) is 2.92. The van der Waals surface area contributed by atoms with Crippen molar-refractivity contribution in [2.24, 2.45) is 0 Å². The molecule has 4 unspecified atom stereocenters. The summed E-state index contributed by atoms with van der Waals surface area (Å²) >= 11 is 0. The van der Waals surface area contributed by atoms with E-state index in [9.17, 15) is 14.4 Å². The van der Waals surface area contributed by atoms with Gasteiger partial charge in [0.05, 0.1) is 30.4 Å². The van der Waals surface area contributed by atoms with E-state index in [0.717, 1.165) is 57.9 Å². The highest BCUT2D eigenvalue weighted by atomic mass is 16.6. The summed E-state index contributed by atoms with van der Waals surface area (Å²) in [5.41, 5.74) is 0.179. The molecule has 42 heavy (non-hydrogen) atoms. The van der Waals surface area contributed by atoms with E-state index in [1.807, 2.05) is 32.9 Å². The predicted molar refractivity (Wildman–Crippen MR) is 149 cm³/mol. The molecule has 234 valence electrons. The van der Waals surface area contributed by atoms with Gasteiger partial charge < -0.3 is 40.0 Å². The lowest BCUT2D eigenvalue weighted by Gasteiger charge is -2.46. The van der Waals surface area contributed by atoms with Gasteiger partial charge in [-0.3, -0.25) is 9.80 Å². The maximum atomic E-state index is 11.7. The van der Waals surface area contributed by atoms with Gasteiger partial charge >= 0.3 is 18.0 Å². The summed E-state index contributed by atoms with van der Waals surface area (Å²) in [5.74, 6) is -2.73. The number of carboxylic acids is 2. The molecule has 2 saturated heterocycles. The van der Waals surface area contributed by atoms with E-state index in [1.54, 1.807) is 12.1 Å². The van der Waals surface area contributed by atoms with E-state index >= 15 is 0 Å². The van der Waals surface area contributed by atoms with Crippen LogP contribution in [-0.4, -0.2) is 131 Å². The normalized spacial score (nSPS) is 20.2. The topological polar surface area (TPSA) is 202 Å². The van der Waals surface area contributed by atoms with Crippen LogP contribution in [0.15, 0.2) is 24.3 Å². The molecule has 2 heterocycles. The van der Waals surface area contributed by atoms with Crippen molar-refractivity contribution in [3.63, 3.8) is 0 Å². The minimum absolute atomic E-state index is 0.237. The Morgan fingerprint density at radius 2 is 1.48 bits per heavy atom. The number of morpholine rings is 2. The van der Waals surface area contributed by atoms with E-state index in [0.29, 0.717) is 18.7 Å². The van der Waals surface area contributed by atoms with E-state index in [4.69, 9.17) is 39.9 Å². The smallest absolute Gasteiger partial charge is 0.407 e. The Hall–Kier alpha value is -3.48. The fourth-order valence-electron chi connectivity index (χ4n) is 4.41. The number of fused-ring (bicyclic) bond motifs is 2. The van der Waals surface area contributed by atoms with Crippen molar-refractivity contribution in [2.75, 3.05) is 52.4 Å². The predicted octanol–water partition coefficient (Wildman–Crippen LogP) is 0.504. The Labute approximate surface area is 245 Å². The van der Waals surface area contributed by atoms with Crippen LogP contribution < -0.4 is 10.1 Å². The average molecular weight is 595 g/mol. The van der Waals surface area contributed by atoms with Crippen molar-refractivity contribution in [3.05, 3.63) is 29.8 Å². The van der Waals surface area contributed by atoms with Crippen molar-refractivity contribution in [3.8, 4) is 11.8 Å². The maximum absolute atomic E-state index is 11.7. The van der Waals surface area contributed by atoms with Crippen molar-refractivity contribution in [1.29, 1.82) is 5.26 Å². The van der Waals surface area contributed by atoms with E-state index in [-0.39, 0.29) is 18.3 Å². The molecular weight excluding hydrogens is 552 g/mol. The molecule has 0 aliphatic carbocycles. The van der Waals surface area contributed by atoms with Crippen molar-refractivity contribution in [1.82, 2.24) is 15.1 Å². The Bertz CT molecular complexity index is 1020. The molecule has 2 bridgehead atoms. The second kappa shape index (κ2) is 16.8. The maximum Gasteiger partial charge on any atom is 0.407 e. The number of hydrogen-bond donors (Lipinski definition) is 5. The summed E-state index contributed by atoms with van der Waals surface area (Å²) in [6.45, 7) is 12.6. The van der Waals surface area contributed by atoms with Gasteiger partial charge in [-0.05, 0) is 57.9 Å². The number of benzene rings is 1. The van der Waals surface area contributed by atoms with Crippen LogP contribution in [0.2, 0.25) is 0 Å². The molecule has 1 aromatic rings. The van der Waals surface area contributed by atoms with E-state index < -0.39 is 29.7 Å². The number of aliphatic hydroxyl groups is 2. The molecule has 1 aromatic carbocycles. The molecular formula is C28H42N4O10. The molecule has 0 saturated carbocycles. The standard InChI is InChI=1S/C24H36N4O4.C4H6O6/c1-24(2,3)32-23(29)26-10-4-11-27-15-21-17-28(18-22(16-27)31-21)12-5-13-30-20-8-6-19(14-25)7-9-20;5-1(3(7)8)2(6)4(9)10/h6-9,21-22H,4-5,10-13,15-18H2,1-3H3,(H,26,29);1-2,5-6H,(H,7,8)(H,9,10). The Kier molecular flexibility index (Phi) is 13.9. The summed E-state index contributed by atoms with van der Waals surface area (Å²) in [4.78, 5) is 36.2. The molecule has 3 rings (SSSR count). The Morgan fingerprint density at radius 3 is 1.93 bits per heavy atom. The van der Waals surface area contributed by atoms with Crippen LogP contribution in [0, 0.1) is 11.3 Å². The minimum atomic E-state index is -2.27. The third-order valence-electron chi connectivity index (χ3n) is 6.23. The van der Waals surface area contributed by atoms with Crippen LogP contribution in [0.25, 0.3) is 0 Å². The van der Waals surface area contributed by atoms with Crippen LogP contribution >= 0.6 is 0 Å². The van der Waals surface area contributed by atoms with Crippen LogP contribution in [0.4, 0.5) is 4.79 Å². The molecule has 5 N–H and O–H groups in total. The number of rotatable bonds is 12. The van der Waals surface area contributed by atoms with Crippen molar-refractivity contribution < 1.29 is 49.0 Å². The molecule has 14 heteroatoms. The highest BCUT2D eigenvalue weighted by Crippen LogP contribution is 2.20. The highest BCUT2D eigenvalue weighted by Gasteiger charge is 2.34. The molecule has 1 amide bonds. The van der Waals surface area contributed by atoms with Gasteiger partial charge in [-0.2, -0.15) is 5.26 Å². The number of ether oxygens (including phenoxy) is 3. The highest BCUT2D eigenvalue weighted by molar-refractivity contribution is 5.83. The number of hydrogen-bond acceptors (Lipinski definition) is 11. The fourth-order valence-corrected chi connectivity index (χ4v) is 4.41. The van der Waals surface area contributed by atoms with Crippen molar-refractivity contribution in [2.45, 2.75) is 63.6 Å². The quantitative estimate of drug-likeness (QED) is 0.210. The molecule has 0 radical (unpaired) electrons. The van der Waals surface area contributed by atoms with E-state index in [2.05, 4.69) is 21.2 Å². The summed E-state index contributed by atoms with van der Waals surface area (Å²) in [6, 6.07) is 9.35. The molecule has 4 atom stereocenters. The lowest BCUT2D eigenvalue weighted by atomic mass is 10.1. The van der Waals surface area contributed by atoms with Crippen LogP contribution in [0.1, 0.15) is 39.2 Å². The Balaban J connectivity index is 0.000000528. The summed E-state index contributed by atoms with van der Waals surface area (Å²) in [6.07, 6.45) is -2.55. The summed E-state index contributed by atoms with van der Waals surface area (Å²) in [5, 5.41) is 44.2. The molecule has 2 fully saturated rings. The van der Waals surface area contributed by atoms with Gasteiger partial charge in [0.2, 0.25) is 0 Å². The van der Waals surface area contributed by atoms with Gasteiger partial charge in [-0.1, -0.05) is 0 Å². The summed E-state index contributed by atoms with van der Waals surface area (Å²) < 4.78 is 17.2. The van der Waals surface area contributed by atoms with Gasteiger partial charge in [-0.25, -0.2) is 14.4 Å². The number of carbonyl (C=O) groups excluding carboxylic acids is 1. The number of nitrogens with zero attached hydrogens (tertiary/aromatic N) is 3. The molecule has 0 aromatic heterocycles. The second-order valence-corrected chi connectivity index (χ2v) is 11.1. The van der Waals surface area contributed by atoms with Crippen LogP contribution in [0.3, 0.4) is 0 Å². The first-order chi connectivity index (χ1) is 19.8. The fraction of sp³-hybridized carbons (Fsp3) is 0.643. The number of aliphatic carboxylic acids is 2. The van der Waals surface area contributed by atoms with E-state index in [1.165, 1.54) is 0 Å². The molecule has 0 spiro atoms. The monoisotopic (exact) mass is 594 g/mol. The number of alkyl carbamates (subject to hydrolysis) is 1. The molecule has 14 nitrogen and oxygen atoms in total. The molecule has 2 aliphatic rings. The zero-order valence-corrected chi connectivity index (χ0v) is 24.3. The first kappa shape index (κ1) is 34.7. The van der Waals surface area contributed by atoms with Gasteiger partial charge in [0, 0.05) is 45.8 Å². The lowest BCUT2D eigenvalue weighted by Crippen LogP contribution is -2.59. The number of carboxylic acid groups (broad SMARTS) is 2. The first-order valence-corrected chi connectivity index (χ1v) is 13.8. The number of nitrogens with one attached hydrogen (secondary N) is 1. The number of amides is 1. The zero-order valence-electron chi connectivity index (χ0n) is 24.3. The third-order valence-corrected chi connectivity index (χ3v) is 6.23. The van der Waals surface area contributed by atoms with Gasteiger partial charge in [0.15, 0.2) is 12.2 Å². The lowest BCUT2D eigenvalue weighted by molar-refractivity contribution is -0.165. The van der Waals surface area contributed by atoms with Gasteiger partial charge in [-0.15, -0.1) is 0 Å². The SMILES string of the molecule is CC(C)(C)OC(=O)NCCCN1CC2CN(CCCOc3ccc(C#N)cc3)CC(C1)O2.O=C(O)C(O)C(O)C(=O)O. The minimum Gasteiger partial charge on any atom is -0.494 e. The van der Waals surface area contributed by atoms with Gasteiger partial charge in [0.25, 0.3) is 0 Å². The van der Waals surface area contributed by atoms with Gasteiger partial charge in [0.1, 0.15) is 11.4 Å². The third kappa shape index (κ3) is 13.0. The number of aliphatic hydroxyl groups excluding tert-OH is 2. The molecule has 2 aliphatic heterocycles. The summed E-state index contributed by atoms with van der Waals surface area (Å²) in [7, 11) is 0.